The standard InChI is InChI=1S/C42H52N6O6/c1-23-9-14-33(48(23)40(50)54-42(5,6)7)37-43-19-32(45-37)26-10-12-28-27(16-26)22-52-35-18-29-25(17-30(28)35)11-13-31-36(29)46-38(44-31)34-15-24(21-51-8)20-47(34)39(49)53-41(2,3)4/h10,12,16-19,23-24,33-34H,9,11,13-15,20-22H2,1-8H3,(H,43,45)(H,44,46)/t23-,24-,33-,34-/m0/s1. The zero-order valence-electron chi connectivity index (χ0n) is 32.7. The molecular formula is C42H52N6O6. The number of ether oxygens (including phenoxy) is 4. The van der Waals surface area contributed by atoms with Crippen LogP contribution in [0.2, 0.25) is 0 Å². The molecule has 8 rings (SSSR count). The number of benzene rings is 2. The van der Waals surface area contributed by atoms with Crippen molar-refractivity contribution in [3.05, 3.63) is 65.0 Å². The summed E-state index contributed by atoms with van der Waals surface area (Å²) in [6, 6.07) is 10.6. The van der Waals surface area contributed by atoms with E-state index in [1.165, 1.54) is 5.56 Å². The highest BCUT2D eigenvalue weighted by Gasteiger charge is 2.42. The minimum atomic E-state index is -0.592. The minimum absolute atomic E-state index is 0.0719. The van der Waals surface area contributed by atoms with Crippen LogP contribution in [0.15, 0.2) is 36.5 Å². The summed E-state index contributed by atoms with van der Waals surface area (Å²) in [6.45, 7) is 15.0. The molecule has 0 spiro atoms. The molecule has 0 unspecified atom stereocenters. The number of fused-ring (bicyclic) bond motifs is 6. The lowest BCUT2D eigenvalue weighted by Crippen LogP contribution is -2.40. The molecule has 2 aromatic carbocycles. The number of carbonyl (C=O) groups excluding carboxylic acids is 2. The van der Waals surface area contributed by atoms with E-state index in [1.54, 1.807) is 12.0 Å². The van der Waals surface area contributed by atoms with E-state index in [4.69, 9.17) is 28.9 Å². The van der Waals surface area contributed by atoms with Crippen molar-refractivity contribution in [2.45, 2.75) is 117 Å². The van der Waals surface area contributed by atoms with Crippen LogP contribution in [0.3, 0.4) is 0 Å². The van der Waals surface area contributed by atoms with E-state index in [0.717, 1.165) is 94.4 Å². The average Bonchev–Trinajstić information content (AvgIpc) is 3.91. The van der Waals surface area contributed by atoms with E-state index in [1.807, 2.05) is 52.6 Å². The number of likely N-dealkylation sites (tertiary alicyclic amines) is 2. The van der Waals surface area contributed by atoms with Crippen molar-refractivity contribution < 1.29 is 28.5 Å². The van der Waals surface area contributed by atoms with Gasteiger partial charge in [0.15, 0.2) is 0 Å². The summed E-state index contributed by atoms with van der Waals surface area (Å²) in [5, 5.41) is 0. The highest BCUT2D eigenvalue weighted by atomic mass is 16.6. The highest BCUT2D eigenvalue weighted by molar-refractivity contribution is 5.83. The van der Waals surface area contributed by atoms with Gasteiger partial charge in [-0.1, -0.05) is 12.1 Å². The van der Waals surface area contributed by atoms with Crippen molar-refractivity contribution in [3.8, 4) is 39.4 Å². The molecule has 3 aliphatic heterocycles. The average molecular weight is 737 g/mol. The molecule has 2 N–H and O–H groups in total. The van der Waals surface area contributed by atoms with Crippen LogP contribution >= 0.6 is 0 Å². The number of hydrogen-bond donors (Lipinski definition) is 2. The fourth-order valence-corrected chi connectivity index (χ4v) is 8.53. The van der Waals surface area contributed by atoms with E-state index in [0.29, 0.717) is 19.8 Å². The molecule has 0 saturated carbocycles. The number of aromatic nitrogens is 4. The first-order chi connectivity index (χ1) is 25.7. The summed E-state index contributed by atoms with van der Waals surface area (Å²) < 4.78 is 23.5. The Morgan fingerprint density at radius 3 is 2.43 bits per heavy atom. The number of carbonyl (C=O) groups is 2. The molecule has 5 heterocycles. The van der Waals surface area contributed by atoms with Crippen molar-refractivity contribution >= 4 is 12.2 Å². The van der Waals surface area contributed by atoms with Gasteiger partial charge in [0.2, 0.25) is 0 Å². The maximum absolute atomic E-state index is 13.3. The third-order valence-electron chi connectivity index (χ3n) is 10.9. The summed E-state index contributed by atoms with van der Waals surface area (Å²) in [5.41, 5.74) is 8.44. The maximum atomic E-state index is 13.3. The maximum Gasteiger partial charge on any atom is 0.411 e. The number of nitrogens with one attached hydrogen (secondary N) is 2. The summed E-state index contributed by atoms with van der Waals surface area (Å²) in [6.07, 6.45) is 5.36. The van der Waals surface area contributed by atoms with Crippen LogP contribution in [0.1, 0.15) is 108 Å². The molecular weight excluding hydrogens is 684 g/mol. The molecule has 1 aliphatic carbocycles. The number of methoxy groups -OCH3 is 1. The van der Waals surface area contributed by atoms with Crippen LogP contribution in [0.4, 0.5) is 9.59 Å². The normalized spacial score (nSPS) is 21.9. The number of aryl methyl sites for hydroxylation is 2. The summed E-state index contributed by atoms with van der Waals surface area (Å²) in [7, 11) is 1.70. The van der Waals surface area contributed by atoms with Crippen LogP contribution < -0.4 is 4.74 Å². The van der Waals surface area contributed by atoms with Gasteiger partial charge in [0.05, 0.1) is 42.0 Å². The van der Waals surface area contributed by atoms with Crippen LogP contribution in [0, 0.1) is 5.92 Å². The van der Waals surface area contributed by atoms with Gasteiger partial charge >= 0.3 is 12.2 Å². The van der Waals surface area contributed by atoms with Crippen molar-refractivity contribution in [2.75, 3.05) is 20.3 Å². The molecule has 286 valence electrons. The molecule has 2 amide bonds. The molecule has 4 aromatic rings. The lowest BCUT2D eigenvalue weighted by Gasteiger charge is -2.30. The highest BCUT2D eigenvalue weighted by Crippen LogP contribution is 2.46. The SMILES string of the molecule is COC[C@H]1C[C@@H](c2nc3c([nH]2)-c2cc4c(cc2CC3)-c2ccc(-c3cnc([C@@H]5CC[C@H](C)N5C(=O)OC(C)(C)C)[nH]3)cc2CO4)N(C(=O)OC(C)(C)C)C1. The number of amides is 2. The number of rotatable bonds is 5. The molecule has 12 heteroatoms. The van der Waals surface area contributed by atoms with Crippen molar-refractivity contribution in [2.24, 2.45) is 5.92 Å². The number of hydrogen-bond acceptors (Lipinski definition) is 8. The molecule has 2 aromatic heterocycles. The van der Waals surface area contributed by atoms with Gasteiger partial charge in [0.1, 0.15) is 35.2 Å². The first kappa shape index (κ1) is 36.2. The van der Waals surface area contributed by atoms with Crippen molar-refractivity contribution in [1.82, 2.24) is 29.7 Å². The monoisotopic (exact) mass is 736 g/mol. The molecule has 0 bridgehead atoms. The molecule has 2 saturated heterocycles. The Labute approximate surface area is 316 Å². The largest absolute Gasteiger partial charge is 0.488 e. The summed E-state index contributed by atoms with van der Waals surface area (Å²) in [5.74, 6) is 2.60. The van der Waals surface area contributed by atoms with Crippen molar-refractivity contribution in [1.29, 1.82) is 0 Å². The topological polar surface area (TPSA) is 135 Å². The minimum Gasteiger partial charge on any atom is -0.488 e. The fourth-order valence-electron chi connectivity index (χ4n) is 8.53. The Bertz CT molecular complexity index is 2090. The number of aromatic amines is 2. The lowest BCUT2D eigenvalue weighted by molar-refractivity contribution is 0.0150. The first-order valence-corrected chi connectivity index (χ1v) is 19.2. The predicted molar refractivity (Wildman–Crippen MR) is 204 cm³/mol. The first-order valence-electron chi connectivity index (χ1n) is 19.2. The second kappa shape index (κ2) is 13.5. The van der Waals surface area contributed by atoms with Gasteiger partial charge in [-0.05, 0) is 121 Å². The van der Waals surface area contributed by atoms with E-state index in [9.17, 15) is 9.59 Å². The molecule has 0 radical (unpaired) electrons. The van der Waals surface area contributed by atoms with Gasteiger partial charge in [-0.3, -0.25) is 9.80 Å². The van der Waals surface area contributed by atoms with Gasteiger partial charge in [-0.25, -0.2) is 19.6 Å². The number of imidazole rings is 2. The van der Waals surface area contributed by atoms with Gasteiger partial charge in [0, 0.05) is 36.7 Å². The quantitative estimate of drug-likeness (QED) is 0.208. The Morgan fingerprint density at radius 2 is 1.67 bits per heavy atom. The molecule has 54 heavy (non-hydrogen) atoms. The number of nitrogens with zero attached hydrogens (tertiary/aromatic N) is 4. The Morgan fingerprint density at radius 1 is 0.889 bits per heavy atom. The van der Waals surface area contributed by atoms with E-state index in [-0.39, 0.29) is 36.2 Å². The second-order valence-electron chi connectivity index (χ2n) is 17.3. The number of H-pyrrole nitrogens is 2. The Kier molecular flexibility index (Phi) is 9.02. The van der Waals surface area contributed by atoms with E-state index < -0.39 is 11.2 Å². The van der Waals surface area contributed by atoms with Crippen molar-refractivity contribution in [3.63, 3.8) is 0 Å². The lowest BCUT2D eigenvalue weighted by atomic mass is 9.86. The van der Waals surface area contributed by atoms with Gasteiger partial charge in [-0.15, -0.1) is 0 Å². The zero-order chi connectivity index (χ0) is 38.1. The van der Waals surface area contributed by atoms with Gasteiger partial charge in [0.25, 0.3) is 0 Å². The summed E-state index contributed by atoms with van der Waals surface area (Å²) in [4.78, 5) is 47.1. The van der Waals surface area contributed by atoms with Crippen LogP contribution in [-0.4, -0.2) is 79.4 Å². The molecule has 12 nitrogen and oxygen atoms in total. The second-order valence-corrected chi connectivity index (χ2v) is 17.3. The third kappa shape index (κ3) is 6.85. The van der Waals surface area contributed by atoms with Gasteiger partial charge in [-0.2, -0.15) is 0 Å². The third-order valence-corrected chi connectivity index (χ3v) is 10.9. The zero-order valence-corrected chi connectivity index (χ0v) is 32.7. The van der Waals surface area contributed by atoms with Crippen LogP contribution in [-0.2, 0) is 33.7 Å². The summed E-state index contributed by atoms with van der Waals surface area (Å²) >= 11 is 0. The fraction of sp³-hybridized carbons (Fsp3) is 0.524. The van der Waals surface area contributed by atoms with Crippen LogP contribution in [0.5, 0.6) is 5.75 Å². The van der Waals surface area contributed by atoms with Crippen LogP contribution in [0.25, 0.3) is 33.6 Å². The van der Waals surface area contributed by atoms with Gasteiger partial charge < -0.3 is 28.9 Å². The Balaban J connectivity index is 1.04. The molecule has 4 aliphatic rings. The predicted octanol–water partition coefficient (Wildman–Crippen LogP) is 8.53. The Hall–Kier alpha value is -4.84. The van der Waals surface area contributed by atoms with E-state index in [2.05, 4.69) is 47.2 Å². The molecule has 4 atom stereocenters. The van der Waals surface area contributed by atoms with E-state index >= 15 is 0 Å². The molecule has 2 fully saturated rings. The smallest absolute Gasteiger partial charge is 0.411 e.